The number of carbonyl (C=O) groups excluding carboxylic acids is 1. The Morgan fingerprint density at radius 2 is 2.00 bits per heavy atom. The summed E-state index contributed by atoms with van der Waals surface area (Å²) in [7, 11) is 1.73. The molecule has 0 spiro atoms. The van der Waals surface area contributed by atoms with E-state index in [0.717, 1.165) is 11.3 Å². The molecule has 0 aliphatic heterocycles. The Hall–Kier alpha value is -3.15. The molecule has 2 heterocycles. The number of carbonyl (C=O) groups is 1. The van der Waals surface area contributed by atoms with Gasteiger partial charge in [0, 0.05) is 50.4 Å². The van der Waals surface area contributed by atoms with E-state index >= 15 is 0 Å². The predicted octanol–water partition coefficient (Wildman–Crippen LogP) is 2.33. The molecule has 0 aliphatic carbocycles. The number of pyridine rings is 1. The average Bonchev–Trinajstić information content (AvgIpc) is 3.16. The van der Waals surface area contributed by atoms with Crippen molar-refractivity contribution in [2.75, 3.05) is 7.05 Å². The molecule has 0 saturated carbocycles. The lowest BCUT2D eigenvalue weighted by atomic mass is 10.1. The molecular formula is C19H20N4O2. The van der Waals surface area contributed by atoms with Crippen molar-refractivity contribution in [2.45, 2.75) is 20.0 Å². The summed E-state index contributed by atoms with van der Waals surface area (Å²) in [5, 5.41) is 4.21. The van der Waals surface area contributed by atoms with Gasteiger partial charge in [-0.05, 0) is 36.8 Å². The van der Waals surface area contributed by atoms with Crippen molar-refractivity contribution in [3.8, 4) is 5.69 Å². The first kappa shape index (κ1) is 16.7. The summed E-state index contributed by atoms with van der Waals surface area (Å²) in [5.74, 6) is -0.176. The molecule has 25 heavy (non-hydrogen) atoms. The number of hydrogen-bond donors (Lipinski definition) is 0. The molecule has 0 N–H and O–H groups in total. The third-order valence-electron chi connectivity index (χ3n) is 4.03. The van der Waals surface area contributed by atoms with Crippen LogP contribution in [0.1, 0.15) is 22.8 Å². The highest BCUT2D eigenvalue weighted by Gasteiger charge is 2.13. The Morgan fingerprint density at radius 1 is 1.16 bits per heavy atom. The number of rotatable bonds is 5. The lowest BCUT2D eigenvalue weighted by molar-refractivity contribution is 0.0784. The molecule has 1 amide bonds. The minimum Gasteiger partial charge on any atom is -0.337 e. The second-order valence-corrected chi connectivity index (χ2v) is 5.82. The molecular weight excluding hydrogens is 316 g/mol. The van der Waals surface area contributed by atoms with Gasteiger partial charge in [-0.25, -0.2) is 4.68 Å². The molecule has 0 aliphatic rings. The van der Waals surface area contributed by atoms with Crippen LogP contribution in [0.5, 0.6) is 0 Å². The van der Waals surface area contributed by atoms with E-state index in [2.05, 4.69) is 5.10 Å². The molecule has 2 aromatic heterocycles. The summed E-state index contributed by atoms with van der Waals surface area (Å²) in [6.45, 7) is 2.93. The standard InChI is InChI=1S/C19H20N4O2/c1-3-22-11-8-16(13-18(22)24)19(25)21(2)14-15-6-4-7-17(12-15)23-10-5-9-20-23/h4-13H,3,14H2,1-2H3. The van der Waals surface area contributed by atoms with Crippen LogP contribution in [-0.2, 0) is 13.1 Å². The zero-order valence-electron chi connectivity index (χ0n) is 14.3. The van der Waals surface area contributed by atoms with Crippen LogP contribution in [-0.4, -0.2) is 32.2 Å². The maximum Gasteiger partial charge on any atom is 0.254 e. The van der Waals surface area contributed by atoms with Crippen LogP contribution in [0.2, 0.25) is 0 Å². The van der Waals surface area contributed by atoms with Gasteiger partial charge in [-0.2, -0.15) is 5.10 Å². The van der Waals surface area contributed by atoms with Crippen molar-refractivity contribution >= 4 is 5.91 Å². The van der Waals surface area contributed by atoms with Gasteiger partial charge in [0.2, 0.25) is 0 Å². The van der Waals surface area contributed by atoms with Gasteiger partial charge in [0.1, 0.15) is 0 Å². The van der Waals surface area contributed by atoms with E-state index in [4.69, 9.17) is 0 Å². The van der Waals surface area contributed by atoms with Crippen LogP contribution in [0.4, 0.5) is 0 Å². The van der Waals surface area contributed by atoms with Crippen LogP contribution in [0.3, 0.4) is 0 Å². The van der Waals surface area contributed by atoms with Crippen LogP contribution >= 0.6 is 0 Å². The highest BCUT2D eigenvalue weighted by molar-refractivity contribution is 5.93. The van der Waals surface area contributed by atoms with E-state index < -0.39 is 0 Å². The fraction of sp³-hybridized carbons (Fsp3) is 0.211. The van der Waals surface area contributed by atoms with E-state index in [1.54, 1.807) is 39.7 Å². The summed E-state index contributed by atoms with van der Waals surface area (Å²) in [6, 6.07) is 12.8. The number of amides is 1. The van der Waals surface area contributed by atoms with E-state index in [9.17, 15) is 9.59 Å². The summed E-state index contributed by atoms with van der Waals surface area (Å²) in [5.41, 5.74) is 2.17. The number of hydrogen-bond acceptors (Lipinski definition) is 3. The molecule has 3 aromatic rings. The van der Waals surface area contributed by atoms with Crippen molar-refractivity contribution in [1.29, 1.82) is 0 Å². The monoisotopic (exact) mass is 336 g/mol. The number of aromatic nitrogens is 3. The minimum atomic E-state index is -0.176. The number of aryl methyl sites for hydroxylation is 1. The Kier molecular flexibility index (Phi) is 4.79. The molecule has 6 nitrogen and oxygen atoms in total. The van der Waals surface area contributed by atoms with Crippen molar-refractivity contribution in [3.63, 3.8) is 0 Å². The molecule has 3 rings (SSSR count). The van der Waals surface area contributed by atoms with Gasteiger partial charge in [-0.15, -0.1) is 0 Å². The molecule has 0 radical (unpaired) electrons. The highest BCUT2D eigenvalue weighted by Crippen LogP contribution is 2.12. The molecule has 6 heteroatoms. The average molecular weight is 336 g/mol. The van der Waals surface area contributed by atoms with Gasteiger partial charge in [0.25, 0.3) is 11.5 Å². The molecule has 0 atom stereocenters. The topological polar surface area (TPSA) is 60.1 Å². The lowest BCUT2D eigenvalue weighted by Crippen LogP contribution is -2.28. The van der Waals surface area contributed by atoms with Crippen LogP contribution in [0, 0.1) is 0 Å². The van der Waals surface area contributed by atoms with Crippen LogP contribution < -0.4 is 5.56 Å². The van der Waals surface area contributed by atoms with Crippen molar-refractivity contribution in [2.24, 2.45) is 0 Å². The predicted molar refractivity (Wildman–Crippen MR) is 95.7 cm³/mol. The Labute approximate surface area is 145 Å². The first-order valence-electron chi connectivity index (χ1n) is 8.13. The van der Waals surface area contributed by atoms with Gasteiger partial charge >= 0.3 is 0 Å². The van der Waals surface area contributed by atoms with Gasteiger partial charge < -0.3 is 9.47 Å². The Morgan fingerprint density at radius 3 is 2.68 bits per heavy atom. The summed E-state index contributed by atoms with van der Waals surface area (Å²) in [4.78, 5) is 26.1. The molecule has 128 valence electrons. The van der Waals surface area contributed by atoms with E-state index in [1.807, 2.05) is 43.5 Å². The first-order valence-corrected chi connectivity index (χ1v) is 8.13. The smallest absolute Gasteiger partial charge is 0.254 e. The Bertz CT molecular complexity index is 929. The van der Waals surface area contributed by atoms with Gasteiger partial charge in [-0.1, -0.05) is 12.1 Å². The maximum absolute atomic E-state index is 12.6. The molecule has 1 aromatic carbocycles. The Balaban J connectivity index is 1.77. The quantitative estimate of drug-likeness (QED) is 0.718. The summed E-state index contributed by atoms with van der Waals surface area (Å²) in [6.07, 6.45) is 5.25. The molecule has 0 fully saturated rings. The third-order valence-corrected chi connectivity index (χ3v) is 4.03. The van der Waals surface area contributed by atoms with Gasteiger partial charge in [0.15, 0.2) is 0 Å². The number of benzene rings is 1. The largest absolute Gasteiger partial charge is 0.337 e. The summed E-state index contributed by atoms with van der Waals surface area (Å²) < 4.78 is 3.33. The van der Waals surface area contributed by atoms with Crippen LogP contribution in [0.25, 0.3) is 5.69 Å². The van der Waals surface area contributed by atoms with E-state index in [0.29, 0.717) is 18.7 Å². The third kappa shape index (κ3) is 3.68. The zero-order chi connectivity index (χ0) is 17.8. The zero-order valence-corrected chi connectivity index (χ0v) is 14.3. The first-order chi connectivity index (χ1) is 12.1. The second-order valence-electron chi connectivity index (χ2n) is 5.82. The maximum atomic E-state index is 12.6. The van der Waals surface area contributed by atoms with E-state index in [1.165, 1.54) is 6.07 Å². The van der Waals surface area contributed by atoms with E-state index in [-0.39, 0.29) is 11.5 Å². The van der Waals surface area contributed by atoms with Crippen molar-refractivity contribution in [3.05, 3.63) is 82.5 Å². The van der Waals surface area contributed by atoms with Crippen molar-refractivity contribution < 1.29 is 4.79 Å². The van der Waals surface area contributed by atoms with Crippen LogP contribution in [0.15, 0.2) is 65.8 Å². The summed E-state index contributed by atoms with van der Waals surface area (Å²) >= 11 is 0. The lowest BCUT2D eigenvalue weighted by Gasteiger charge is -2.18. The van der Waals surface area contributed by atoms with Crippen molar-refractivity contribution in [1.82, 2.24) is 19.2 Å². The fourth-order valence-corrected chi connectivity index (χ4v) is 2.69. The minimum absolute atomic E-state index is 0.164. The SMILES string of the molecule is CCn1ccc(C(=O)N(C)Cc2cccc(-n3cccn3)c2)cc1=O. The molecule has 0 saturated heterocycles. The molecule has 0 unspecified atom stereocenters. The second kappa shape index (κ2) is 7.17. The molecule has 0 bridgehead atoms. The normalized spacial score (nSPS) is 10.6. The van der Waals surface area contributed by atoms with Gasteiger partial charge in [0.05, 0.1) is 5.69 Å². The fourth-order valence-electron chi connectivity index (χ4n) is 2.69. The van der Waals surface area contributed by atoms with Gasteiger partial charge in [-0.3, -0.25) is 9.59 Å². The number of nitrogens with zero attached hydrogens (tertiary/aromatic N) is 4. The highest BCUT2D eigenvalue weighted by atomic mass is 16.2.